The van der Waals surface area contributed by atoms with Gasteiger partial charge in [-0.1, -0.05) is 189 Å². The van der Waals surface area contributed by atoms with E-state index < -0.39 is 15.3 Å². The zero-order valence-electron chi connectivity index (χ0n) is 75.1. The van der Waals surface area contributed by atoms with E-state index >= 15 is 0 Å². The molecule has 2 N–H and O–H groups in total. The second-order valence-corrected chi connectivity index (χ2v) is 34.3. The largest absolute Gasteiger partial charge is 2.00 e. The number of carbonyl (C=O) groups is 6. The fourth-order valence-corrected chi connectivity index (χ4v) is 15.2. The summed E-state index contributed by atoms with van der Waals surface area (Å²) >= 11 is 36.0. The molecule has 10 aromatic carbocycles. The fraction of sp³-hybridized carbons (Fsp3) is 0.346. The Labute approximate surface area is 854 Å². The minimum Gasteiger partial charge on any atom is -1.00 e. The summed E-state index contributed by atoms with van der Waals surface area (Å²) in [6, 6.07) is 78.6. The van der Waals surface area contributed by atoms with E-state index in [0.717, 1.165) is 140 Å². The van der Waals surface area contributed by atoms with Gasteiger partial charge in [-0.25, -0.2) is 4.21 Å². The van der Waals surface area contributed by atoms with Gasteiger partial charge in [-0.05, 0) is 223 Å². The van der Waals surface area contributed by atoms with E-state index in [1.807, 2.05) is 182 Å². The van der Waals surface area contributed by atoms with Crippen LogP contribution in [0.2, 0.25) is 25.1 Å². The van der Waals surface area contributed by atoms with Crippen LogP contribution in [-0.2, 0) is 9.23 Å². The average molecular weight is 2050 g/mol. The summed E-state index contributed by atoms with van der Waals surface area (Å²) in [5.74, 6) is 0.258. The molecule has 0 bridgehead atoms. The second-order valence-electron chi connectivity index (χ2n) is 29.2. The van der Waals surface area contributed by atoms with Crippen molar-refractivity contribution in [3.8, 4) is 0 Å². The van der Waals surface area contributed by atoms with Crippen LogP contribution in [0.4, 0.5) is 0 Å². The maximum absolute atomic E-state index is 12.7. The van der Waals surface area contributed by atoms with Crippen LogP contribution >= 0.6 is 91.0 Å². The molecule has 2 heterocycles. The molecule has 2 fully saturated rings. The molecule has 4 unspecified atom stereocenters. The van der Waals surface area contributed by atoms with Crippen LogP contribution in [0.15, 0.2) is 255 Å². The van der Waals surface area contributed by atoms with Crippen molar-refractivity contribution in [1.82, 2.24) is 44.5 Å². The number of rotatable bonds is 28. The van der Waals surface area contributed by atoms with Gasteiger partial charge in [0.25, 0.3) is 29.5 Å². The number of aldehydes is 1. The Morgan fingerprint density at radius 2 is 0.606 bits per heavy atom. The van der Waals surface area contributed by atoms with Gasteiger partial charge in [0, 0.05) is 199 Å². The van der Waals surface area contributed by atoms with Crippen molar-refractivity contribution < 1.29 is 55.1 Å². The van der Waals surface area contributed by atoms with E-state index in [0.29, 0.717) is 71.6 Å². The predicted octanol–water partition coefficient (Wildman–Crippen LogP) is 21.3. The summed E-state index contributed by atoms with van der Waals surface area (Å²) in [6.07, 6.45) is 2.01. The van der Waals surface area contributed by atoms with Crippen LogP contribution in [0.3, 0.4) is 0 Å². The number of nitrogens with one attached hydrogen (secondary N) is 1. The first-order valence-corrected chi connectivity index (χ1v) is 47.9. The van der Waals surface area contributed by atoms with E-state index in [1.54, 1.807) is 112 Å². The first kappa shape index (κ1) is 122. The van der Waals surface area contributed by atoms with Crippen molar-refractivity contribution >= 4 is 159 Å². The number of nitrogens with zero attached hydrogens (tertiary/aromatic N) is 8. The van der Waals surface area contributed by atoms with Crippen LogP contribution in [0.25, 0.3) is 0 Å². The molecule has 2 aliphatic rings. The number of amides is 5. The summed E-state index contributed by atoms with van der Waals surface area (Å²) in [5, 5.41) is 17.1. The maximum atomic E-state index is 12.7. The van der Waals surface area contributed by atoms with Gasteiger partial charge in [-0.15, -0.1) is 29.8 Å². The number of carbonyl (C=O) groups excluding carboxylic acids is 6. The van der Waals surface area contributed by atoms with Crippen LogP contribution in [0, 0.1) is 6.07 Å². The van der Waals surface area contributed by atoms with Crippen LogP contribution in [0.5, 0.6) is 0 Å². The Bertz CT molecular complexity index is 4830. The van der Waals surface area contributed by atoms with Gasteiger partial charge in [0.05, 0.1) is 17.5 Å². The molecular formula is C104H130BrCl8MgN9O8S. The normalized spacial score (nSPS) is 12.8. The molecule has 2 saturated heterocycles. The minimum absolute atomic E-state index is 0. The van der Waals surface area contributed by atoms with Crippen molar-refractivity contribution in [2.45, 2.75) is 115 Å². The van der Waals surface area contributed by atoms with Crippen molar-refractivity contribution in [2.24, 2.45) is 0 Å². The van der Waals surface area contributed by atoms with E-state index in [1.165, 1.54) is 22.3 Å². The third-order valence-corrected chi connectivity index (χ3v) is 23.3. The van der Waals surface area contributed by atoms with Crippen LogP contribution in [0.1, 0.15) is 222 Å². The smallest absolute Gasteiger partial charge is 1.00 e. The molecule has 0 radical (unpaired) electrons. The van der Waals surface area contributed by atoms with E-state index in [-0.39, 0.29) is 109 Å². The van der Waals surface area contributed by atoms with Gasteiger partial charge < -0.3 is 51.9 Å². The van der Waals surface area contributed by atoms with Crippen LogP contribution < -0.4 is 22.3 Å². The molecule has 0 spiro atoms. The standard InChI is InChI=1S/C25H32ClN3O.C22H28ClN3O.C18H19Cl2NO.C18H20ClNO2.C12H15NO2.C6H4Cl.3CH4.BrH.Cl2OS.Mg/c1-4-15-27-16-18-29(19-17-27)24(21-11-13-23(26)14-12-21)20-7-9-22(10-8-20)25(30)28(5-2)6-3;1-3-25(4-2)22(27)19-7-5-17(6-8-19)21(26-15-13-24-14-16-26)18-9-11-20(23)12-10-18;1-3-21(4-2)18(22)15-7-5-13(6-8-15)17(20)14-9-11-16(19)12-10-14;1-3-20(4-2)18(22)15-7-5-13(6-8-15)17(21)14-9-11-16(19)12-10-14;1-3-13(4-2)12(15)11-7-5-10(9-14)6-8-11;7-6-4-2-1-3-5-6;;;;;1-4(2)3;/h4,7-14,24H,1,5-6,15-19H2,2-3H3;5-12,21,24H,3-4,13-16H2,1-2H3;5-12,17H,3-4H2,1-2H3;5-12,17,21H,3-4H2,1-2H3;5-9H,3-4H2,1-2H3;2-5H;3*1H4;1H;;/q;;;;;-1;;;;;;+2/p-1. The molecule has 0 saturated carbocycles. The Kier molecular flexibility index (Phi) is 62.0. The number of benzene rings is 10. The van der Waals surface area contributed by atoms with Crippen LogP contribution in [-0.4, -0.2) is 232 Å². The molecule has 710 valence electrons. The first-order valence-electron chi connectivity index (χ1n) is 42.8. The van der Waals surface area contributed by atoms with E-state index in [4.69, 9.17) is 73.8 Å². The number of piperazine rings is 2. The molecule has 0 aromatic heterocycles. The summed E-state index contributed by atoms with van der Waals surface area (Å²) in [6.45, 7) is 39.7. The Balaban J connectivity index is 0.000000802. The molecule has 28 heteroatoms. The maximum Gasteiger partial charge on any atom is 2.00 e. The molecule has 10 aromatic rings. The third kappa shape index (κ3) is 39.7. The molecular weight excluding hydrogens is 1920 g/mol. The molecule has 12 rings (SSSR count). The van der Waals surface area contributed by atoms with Gasteiger partial charge >= 0.3 is 23.1 Å². The van der Waals surface area contributed by atoms with E-state index in [9.17, 15) is 33.9 Å². The first-order chi connectivity index (χ1) is 61.2. The number of alkyl halides is 1. The summed E-state index contributed by atoms with van der Waals surface area (Å²) < 4.78 is 9.09. The summed E-state index contributed by atoms with van der Waals surface area (Å²) in [7, 11) is 7.36. The predicted molar refractivity (Wildman–Crippen MR) is 554 cm³/mol. The number of hydrogen-bond acceptors (Lipinski definition) is 12. The average Bonchev–Trinajstić information content (AvgIpc) is 0.805. The van der Waals surface area contributed by atoms with Crippen molar-refractivity contribution in [2.75, 3.05) is 124 Å². The van der Waals surface area contributed by atoms with Crippen molar-refractivity contribution in [1.29, 1.82) is 0 Å². The Morgan fingerprint density at radius 1 is 0.386 bits per heavy atom. The van der Waals surface area contributed by atoms with Gasteiger partial charge in [-0.2, -0.15) is 30.3 Å². The Hall–Kier alpha value is -7.52. The summed E-state index contributed by atoms with van der Waals surface area (Å²) in [5.41, 5.74) is 12.3. The second kappa shape index (κ2) is 66.8. The molecule has 0 aliphatic carbocycles. The monoisotopic (exact) mass is 2050 g/mol. The van der Waals surface area contributed by atoms with Gasteiger partial charge in [0.1, 0.15) is 12.4 Å². The third-order valence-electron chi connectivity index (χ3n) is 21.5. The van der Waals surface area contributed by atoms with Crippen molar-refractivity contribution in [3.05, 3.63) is 364 Å². The molecule has 2 aliphatic heterocycles. The summed E-state index contributed by atoms with van der Waals surface area (Å²) in [4.78, 5) is 88.5. The molecule has 5 amide bonds. The topological polar surface area (TPSA) is 178 Å². The number of hydrogen-bond donors (Lipinski definition) is 2. The zero-order valence-corrected chi connectivity index (χ0v) is 85.0. The van der Waals surface area contributed by atoms with Gasteiger partial charge in [0.15, 0.2) is 0 Å². The number of aliphatic hydroxyl groups excluding tert-OH is 1. The zero-order chi connectivity index (χ0) is 92.9. The number of halogens is 9. The fourth-order valence-electron chi connectivity index (χ4n) is 14.3. The quantitative estimate of drug-likeness (QED) is 0.0119. The van der Waals surface area contributed by atoms with Gasteiger partial charge in [0.2, 0.25) is 9.23 Å². The van der Waals surface area contributed by atoms with Gasteiger partial charge in [-0.3, -0.25) is 43.5 Å². The Morgan fingerprint density at radius 3 is 0.848 bits per heavy atom. The number of aliphatic hydroxyl groups is 1. The minimum atomic E-state index is -1.67. The molecule has 132 heavy (non-hydrogen) atoms. The molecule has 17 nitrogen and oxygen atoms in total. The molecule has 4 atom stereocenters. The SMILES string of the molecule is C.C.C.C=CCN1CCN(C(c2ccc(Cl)cc2)c2ccc(C(=O)N(CC)CC)cc2)CC1.CCN(CC)C(=O)c1ccc(C(Cl)c2ccc(Cl)cc2)cc1.CCN(CC)C(=O)c1ccc(C(O)c2ccc(Cl)cc2)cc1.CCN(CC)C(=O)c1ccc(C(c2ccc(Cl)cc2)N2CCNCC2)cc1.CCN(CC)C(=O)c1ccc(C=O)cc1.Clc1cc[c-]cc1.O=S(Cl)Cl.[Br-].[Mg+2]. The van der Waals surface area contributed by atoms with Crippen molar-refractivity contribution in [3.63, 3.8) is 0 Å². The van der Waals surface area contributed by atoms with E-state index in [2.05, 4.69) is 103 Å².